The number of halogens is 6. The van der Waals surface area contributed by atoms with E-state index in [0.29, 0.717) is 0 Å². The minimum absolute atomic E-state index is 0.794. The van der Waals surface area contributed by atoms with E-state index in [9.17, 15) is 35.9 Å². The van der Waals surface area contributed by atoms with Gasteiger partial charge in [0.25, 0.3) is 0 Å². The van der Waals surface area contributed by atoms with Gasteiger partial charge in [-0.25, -0.2) is 0 Å². The third kappa shape index (κ3) is 6.21. The Morgan fingerprint density at radius 1 is 1.00 bits per heavy atom. The molecule has 0 saturated carbocycles. The lowest BCUT2D eigenvalue weighted by atomic mass is 9.84. The van der Waals surface area contributed by atoms with Crippen molar-refractivity contribution in [2.24, 2.45) is 11.3 Å². The van der Waals surface area contributed by atoms with E-state index in [1.54, 1.807) is 5.32 Å². The molecule has 10 heteroatoms. The molecule has 0 rings (SSSR count). The van der Waals surface area contributed by atoms with Crippen LogP contribution in [-0.2, 0) is 9.59 Å². The number of aliphatic carboxylic acids is 1. The number of carbonyl (C=O) groups is 2. The van der Waals surface area contributed by atoms with Crippen LogP contribution in [0.3, 0.4) is 0 Å². The largest absolute Gasteiger partial charge is 0.481 e. The topological polar surface area (TPSA) is 66.4 Å². The smallest absolute Gasteiger partial charge is 0.409 e. The highest BCUT2D eigenvalue weighted by Gasteiger charge is 2.61. The molecule has 0 aromatic rings. The standard InChI is InChI=1S/C11H15F6NO3/c1-9(2,3)5(4-6(19)20)18-8(21)7(10(12,13)14)11(15,16)17/h5,7H,4H2,1-3H3,(H,18,21)(H,19,20). The molecule has 1 unspecified atom stereocenters. The second-order valence-corrected chi connectivity index (χ2v) is 5.54. The summed E-state index contributed by atoms with van der Waals surface area (Å²) in [4.78, 5) is 21.9. The van der Waals surface area contributed by atoms with Gasteiger partial charge in [0.05, 0.1) is 6.42 Å². The first-order valence-corrected chi connectivity index (χ1v) is 5.72. The molecule has 1 atom stereocenters. The molecule has 0 bridgehead atoms. The summed E-state index contributed by atoms with van der Waals surface area (Å²) in [6.45, 7) is 4.16. The third-order valence-electron chi connectivity index (χ3n) is 2.66. The SMILES string of the molecule is CC(C)(C)C(CC(=O)O)NC(=O)C(C(F)(F)F)C(F)(F)F. The van der Waals surface area contributed by atoms with E-state index in [0.717, 1.165) is 0 Å². The van der Waals surface area contributed by atoms with Crippen molar-refractivity contribution in [3.05, 3.63) is 0 Å². The zero-order chi connectivity index (χ0) is 17.2. The second-order valence-electron chi connectivity index (χ2n) is 5.54. The molecule has 0 aromatic heterocycles. The minimum Gasteiger partial charge on any atom is -0.481 e. The molecule has 0 heterocycles. The first kappa shape index (κ1) is 19.5. The highest BCUT2D eigenvalue weighted by molar-refractivity contribution is 5.81. The Labute approximate surface area is 116 Å². The van der Waals surface area contributed by atoms with Crippen molar-refractivity contribution in [2.45, 2.75) is 45.6 Å². The van der Waals surface area contributed by atoms with Crippen LogP contribution in [0.5, 0.6) is 0 Å². The van der Waals surface area contributed by atoms with Crippen molar-refractivity contribution in [3.8, 4) is 0 Å². The van der Waals surface area contributed by atoms with E-state index < -0.39 is 48.0 Å². The van der Waals surface area contributed by atoms with Gasteiger partial charge in [0, 0.05) is 6.04 Å². The van der Waals surface area contributed by atoms with E-state index >= 15 is 0 Å². The Balaban J connectivity index is 5.33. The average Bonchev–Trinajstić information content (AvgIpc) is 2.08. The van der Waals surface area contributed by atoms with Crippen LogP contribution in [0.1, 0.15) is 27.2 Å². The Morgan fingerprint density at radius 2 is 1.38 bits per heavy atom. The summed E-state index contributed by atoms with van der Waals surface area (Å²) in [6.07, 6.45) is -12.4. The van der Waals surface area contributed by atoms with Crippen molar-refractivity contribution >= 4 is 11.9 Å². The van der Waals surface area contributed by atoms with Crippen molar-refractivity contribution in [1.82, 2.24) is 5.32 Å². The summed E-state index contributed by atoms with van der Waals surface area (Å²) in [6, 6.07) is -1.38. The van der Waals surface area contributed by atoms with Crippen molar-refractivity contribution in [3.63, 3.8) is 0 Å². The van der Waals surface area contributed by atoms with Gasteiger partial charge in [-0.15, -0.1) is 0 Å². The fourth-order valence-electron chi connectivity index (χ4n) is 1.49. The van der Waals surface area contributed by atoms with Crippen molar-refractivity contribution in [1.29, 1.82) is 0 Å². The third-order valence-corrected chi connectivity index (χ3v) is 2.66. The van der Waals surface area contributed by atoms with Crippen LogP contribution in [0, 0.1) is 11.3 Å². The number of alkyl halides is 6. The Bertz CT molecular complexity index is 382. The zero-order valence-electron chi connectivity index (χ0n) is 11.4. The summed E-state index contributed by atoms with van der Waals surface area (Å²) in [5.74, 6) is -7.95. The number of hydrogen-bond acceptors (Lipinski definition) is 2. The minimum atomic E-state index is -5.81. The molecule has 124 valence electrons. The van der Waals surface area contributed by atoms with Gasteiger partial charge in [0.2, 0.25) is 11.8 Å². The highest BCUT2D eigenvalue weighted by atomic mass is 19.4. The molecule has 0 aliphatic rings. The molecule has 0 radical (unpaired) electrons. The number of nitrogens with one attached hydrogen (secondary N) is 1. The highest BCUT2D eigenvalue weighted by Crippen LogP contribution is 2.39. The number of amides is 1. The summed E-state index contributed by atoms with van der Waals surface area (Å²) in [5, 5.41) is 10.2. The van der Waals surface area contributed by atoms with E-state index in [4.69, 9.17) is 5.11 Å². The molecule has 4 nitrogen and oxygen atoms in total. The van der Waals surface area contributed by atoms with Gasteiger partial charge in [0.1, 0.15) is 0 Å². The molecule has 0 aliphatic heterocycles. The number of carboxylic acid groups (broad SMARTS) is 1. The molecular weight excluding hydrogens is 308 g/mol. The monoisotopic (exact) mass is 323 g/mol. The van der Waals surface area contributed by atoms with Gasteiger partial charge >= 0.3 is 18.3 Å². The van der Waals surface area contributed by atoms with Crippen LogP contribution < -0.4 is 5.32 Å². The lowest BCUT2D eigenvalue weighted by Crippen LogP contribution is -2.53. The summed E-state index contributed by atoms with van der Waals surface area (Å²) >= 11 is 0. The predicted octanol–water partition coefficient (Wildman–Crippen LogP) is 2.73. The van der Waals surface area contributed by atoms with Crippen LogP contribution >= 0.6 is 0 Å². The van der Waals surface area contributed by atoms with Crippen LogP contribution in [0.25, 0.3) is 0 Å². The van der Waals surface area contributed by atoms with E-state index in [-0.39, 0.29) is 0 Å². The van der Waals surface area contributed by atoms with Gasteiger partial charge in [-0.05, 0) is 5.41 Å². The van der Waals surface area contributed by atoms with Crippen molar-refractivity contribution < 1.29 is 41.0 Å². The lowest BCUT2D eigenvalue weighted by Gasteiger charge is -2.32. The Hall–Kier alpha value is -1.48. The molecule has 1 amide bonds. The fourth-order valence-corrected chi connectivity index (χ4v) is 1.49. The molecule has 2 N–H and O–H groups in total. The number of carboxylic acids is 1. The molecule has 21 heavy (non-hydrogen) atoms. The van der Waals surface area contributed by atoms with Crippen LogP contribution in [0.15, 0.2) is 0 Å². The van der Waals surface area contributed by atoms with Crippen molar-refractivity contribution in [2.75, 3.05) is 0 Å². The molecule has 0 saturated heterocycles. The Kier molecular flexibility index (Phi) is 5.67. The quantitative estimate of drug-likeness (QED) is 0.782. The summed E-state index contributed by atoms with van der Waals surface area (Å²) < 4.78 is 74.3. The molecular formula is C11H15F6NO3. The molecule has 0 fully saturated rings. The molecule has 0 aromatic carbocycles. The second kappa shape index (κ2) is 6.10. The summed E-state index contributed by atoms with van der Waals surface area (Å²) in [5.41, 5.74) is -1.03. The molecule has 0 aliphatic carbocycles. The van der Waals surface area contributed by atoms with E-state index in [1.165, 1.54) is 20.8 Å². The fraction of sp³-hybridized carbons (Fsp3) is 0.818. The van der Waals surface area contributed by atoms with Crippen LogP contribution in [-0.4, -0.2) is 35.4 Å². The number of hydrogen-bond donors (Lipinski definition) is 2. The van der Waals surface area contributed by atoms with E-state index in [2.05, 4.69) is 0 Å². The van der Waals surface area contributed by atoms with Gasteiger partial charge in [0.15, 0.2) is 0 Å². The Morgan fingerprint density at radius 3 is 1.62 bits per heavy atom. The predicted molar refractivity (Wildman–Crippen MR) is 59.2 cm³/mol. The average molecular weight is 323 g/mol. The van der Waals surface area contributed by atoms with Crippen LogP contribution in [0.2, 0.25) is 0 Å². The van der Waals surface area contributed by atoms with Gasteiger partial charge in [-0.1, -0.05) is 20.8 Å². The maximum atomic E-state index is 12.4. The van der Waals surface area contributed by atoms with Crippen LogP contribution in [0.4, 0.5) is 26.3 Å². The summed E-state index contributed by atoms with van der Waals surface area (Å²) in [7, 11) is 0. The number of rotatable bonds is 4. The van der Waals surface area contributed by atoms with Gasteiger partial charge < -0.3 is 10.4 Å². The first-order valence-electron chi connectivity index (χ1n) is 5.72. The normalized spacial score (nSPS) is 15.0. The van der Waals surface area contributed by atoms with Gasteiger partial charge in [-0.3, -0.25) is 9.59 Å². The lowest BCUT2D eigenvalue weighted by molar-refractivity contribution is -0.274. The zero-order valence-corrected chi connectivity index (χ0v) is 11.4. The maximum Gasteiger partial charge on any atom is 0.409 e. The number of carbonyl (C=O) groups excluding carboxylic acids is 1. The van der Waals surface area contributed by atoms with Gasteiger partial charge in [-0.2, -0.15) is 26.3 Å². The first-order chi connectivity index (χ1) is 9.06. The molecule has 0 spiro atoms. The maximum absolute atomic E-state index is 12.4. The van der Waals surface area contributed by atoms with E-state index in [1.807, 2.05) is 0 Å².